The van der Waals surface area contributed by atoms with E-state index in [4.69, 9.17) is 19.3 Å². The number of rotatable bonds is 7. The molecule has 0 saturated heterocycles. The summed E-state index contributed by atoms with van der Waals surface area (Å²) >= 11 is 0. The minimum absolute atomic E-state index is 0.250. The summed E-state index contributed by atoms with van der Waals surface area (Å²) in [5.74, 6) is 2.15. The third-order valence-electron chi connectivity index (χ3n) is 2.98. The Hall–Kier alpha value is -1.46. The van der Waals surface area contributed by atoms with Crippen LogP contribution in [0.15, 0.2) is 12.1 Å². The third kappa shape index (κ3) is 3.75. The van der Waals surface area contributed by atoms with E-state index in [1.165, 1.54) is 0 Å². The van der Waals surface area contributed by atoms with E-state index in [2.05, 4.69) is 5.32 Å². The minimum atomic E-state index is 0.250. The maximum absolute atomic E-state index is 8.71. The average Bonchev–Trinajstić information content (AvgIpc) is 2.46. The highest BCUT2D eigenvalue weighted by Gasteiger charge is 2.18. The number of hydrogen-bond acceptors (Lipinski definition) is 5. The van der Waals surface area contributed by atoms with Crippen LogP contribution in [0.3, 0.4) is 0 Å². The van der Waals surface area contributed by atoms with Crippen LogP contribution in [0.1, 0.15) is 18.4 Å². The summed E-state index contributed by atoms with van der Waals surface area (Å²) in [6.07, 6.45) is 1.80. The highest BCUT2D eigenvalue weighted by atomic mass is 16.6. The molecule has 1 aliphatic heterocycles. The molecule has 1 aromatic rings. The summed E-state index contributed by atoms with van der Waals surface area (Å²) < 4.78 is 16.5. The molecule has 0 aliphatic carbocycles. The van der Waals surface area contributed by atoms with Gasteiger partial charge in [-0.2, -0.15) is 0 Å². The summed E-state index contributed by atoms with van der Waals surface area (Å²) in [4.78, 5) is 0. The highest BCUT2D eigenvalue weighted by molar-refractivity contribution is 5.54. The summed E-state index contributed by atoms with van der Waals surface area (Å²) in [7, 11) is 1.63. The Morgan fingerprint density at radius 2 is 2.11 bits per heavy atom. The molecule has 5 nitrogen and oxygen atoms in total. The van der Waals surface area contributed by atoms with E-state index in [9.17, 15) is 0 Å². The van der Waals surface area contributed by atoms with Crippen molar-refractivity contribution in [1.82, 2.24) is 5.32 Å². The molecule has 1 aliphatic rings. The molecule has 1 aromatic carbocycles. The molecule has 0 spiro atoms. The van der Waals surface area contributed by atoms with Gasteiger partial charge in [0.05, 0.1) is 7.11 Å². The highest BCUT2D eigenvalue weighted by Crippen LogP contribution is 2.40. The molecule has 0 saturated carbocycles. The Labute approximate surface area is 113 Å². The predicted molar refractivity (Wildman–Crippen MR) is 72.0 cm³/mol. The van der Waals surface area contributed by atoms with Crippen molar-refractivity contribution in [2.75, 3.05) is 33.5 Å². The topological polar surface area (TPSA) is 60.0 Å². The number of methoxy groups -OCH3 is 1. The van der Waals surface area contributed by atoms with Gasteiger partial charge in [-0.1, -0.05) is 0 Å². The van der Waals surface area contributed by atoms with Crippen molar-refractivity contribution in [3.63, 3.8) is 0 Å². The van der Waals surface area contributed by atoms with Crippen LogP contribution < -0.4 is 19.5 Å². The van der Waals surface area contributed by atoms with E-state index in [0.717, 1.165) is 37.2 Å². The second kappa shape index (κ2) is 7.21. The van der Waals surface area contributed by atoms with E-state index in [1.54, 1.807) is 7.11 Å². The van der Waals surface area contributed by atoms with E-state index >= 15 is 0 Å². The van der Waals surface area contributed by atoms with Crippen LogP contribution in [-0.2, 0) is 6.54 Å². The third-order valence-corrected chi connectivity index (χ3v) is 2.98. The number of aliphatic hydroxyl groups excluding tert-OH is 1. The molecule has 0 radical (unpaired) electrons. The Bertz CT molecular complexity index is 391. The van der Waals surface area contributed by atoms with Gasteiger partial charge in [0.1, 0.15) is 13.2 Å². The Morgan fingerprint density at radius 3 is 2.89 bits per heavy atom. The number of ether oxygens (including phenoxy) is 3. The average molecular weight is 267 g/mol. The monoisotopic (exact) mass is 267 g/mol. The fourth-order valence-electron chi connectivity index (χ4n) is 2.02. The van der Waals surface area contributed by atoms with Crippen molar-refractivity contribution >= 4 is 0 Å². The van der Waals surface area contributed by atoms with Gasteiger partial charge in [0.2, 0.25) is 5.75 Å². The lowest BCUT2D eigenvalue weighted by Gasteiger charge is -2.21. The zero-order chi connectivity index (χ0) is 13.5. The van der Waals surface area contributed by atoms with Crippen LogP contribution in [0.2, 0.25) is 0 Å². The van der Waals surface area contributed by atoms with Crippen molar-refractivity contribution in [3.05, 3.63) is 17.7 Å². The van der Waals surface area contributed by atoms with Gasteiger partial charge in [0.25, 0.3) is 0 Å². The first kappa shape index (κ1) is 14.0. The van der Waals surface area contributed by atoms with Gasteiger partial charge in [-0.15, -0.1) is 0 Å². The molecular formula is C14H21NO4. The van der Waals surface area contributed by atoms with Gasteiger partial charge in [-0.3, -0.25) is 0 Å². The summed E-state index contributed by atoms with van der Waals surface area (Å²) in [6.45, 7) is 3.01. The second-order valence-electron chi connectivity index (χ2n) is 4.43. The SMILES string of the molecule is COc1cc(CNCCCCO)cc2c1OCCO2. The molecule has 0 bridgehead atoms. The van der Waals surface area contributed by atoms with Crippen LogP contribution in [0, 0.1) is 0 Å². The molecule has 1 heterocycles. The predicted octanol–water partition coefficient (Wildman–Crippen LogP) is 1.33. The van der Waals surface area contributed by atoms with E-state index in [-0.39, 0.29) is 6.61 Å². The van der Waals surface area contributed by atoms with Crippen LogP contribution in [0.5, 0.6) is 17.2 Å². The number of nitrogens with one attached hydrogen (secondary N) is 1. The van der Waals surface area contributed by atoms with Crippen LogP contribution >= 0.6 is 0 Å². The van der Waals surface area contributed by atoms with E-state index in [1.807, 2.05) is 12.1 Å². The standard InChI is InChI=1S/C14H21NO4/c1-17-12-8-11(10-15-4-2-3-5-16)9-13-14(12)19-7-6-18-13/h8-9,15-16H,2-7,10H2,1H3. The number of hydrogen-bond donors (Lipinski definition) is 2. The molecular weight excluding hydrogens is 246 g/mol. The lowest BCUT2D eigenvalue weighted by atomic mass is 10.1. The lowest BCUT2D eigenvalue weighted by Crippen LogP contribution is -2.18. The first-order chi connectivity index (χ1) is 9.35. The summed E-state index contributed by atoms with van der Waals surface area (Å²) in [5, 5.41) is 12.0. The largest absolute Gasteiger partial charge is 0.493 e. The van der Waals surface area contributed by atoms with Gasteiger partial charge < -0.3 is 24.6 Å². The van der Waals surface area contributed by atoms with Gasteiger partial charge in [-0.25, -0.2) is 0 Å². The van der Waals surface area contributed by atoms with Crippen molar-refractivity contribution in [2.45, 2.75) is 19.4 Å². The zero-order valence-corrected chi connectivity index (χ0v) is 11.3. The van der Waals surface area contributed by atoms with E-state index in [0.29, 0.717) is 24.7 Å². The van der Waals surface area contributed by atoms with Crippen molar-refractivity contribution in [2.24, 2.45) is 0 Å². The maximum atomic E-state index is 8.71. The first-order valence-corrected chi connectivity index (χ1v) is 6.63. The zero-order valence-electron chi connectivity index (χ0n) is 11.3. The summed E-state index contributed by atoms with van der Waals surface area (Å²) in [6, 6.07) is 3.95. The first-order valence-electron chi connectivity index (χ1n) is 6.63. The Morgan fingerprint density at radius 1 is 1.26 bits per heavy atom. The lowest BCUT2D eigenvalue weighted by molar-refractivity contribution is 0.165. The van der Waals surface area contributed by atoms with E-state index < -0.39 is 0 Å². The van der Waals surface area contributed by atoms with Crippen LogP contribution in [0.25, 0.3) is 0 Å². The molecule has 0 aromatic heterocycles. The summed E-state index contributed by atoms with van der Waals surface area (Å²) in [5.41, 5.74) is 1.10. The fraction of sp³-hybridized carbons (Fsp3) is 0.571. The molecule has 19 heavy (non-hydrogen) atoms. The molecule has 5 heteroatoms. The molecule has 2 N–H and O–H groups in total. The Balaban J connectivity index is 1.97. The Kier molecular flexibility index (Phi) is 5.30. The van der Waals surface area contributed by atoms with Gasteiger partial charge in [-0.05, 0) is 37.1 Å². The van der Waals surface area contributed by atoms with Crippen LogP contribution in [0.4, 0.5) is 0 Å². The number of benzene rings is 1. The fourth-order valence-corrected chi connectivity index (χ4v) is 2.02. The van der Waals surface area contributed by atoms with Crippen molar-refractivity contribution < 1.29 is 19.3 Å². The van der Waals surface area contributed by atoms with Gasteiger partial charge in [0, 0.05) is 13.2 Å². The molecule has 0 unspecified atom stereocenters. The molecule has 2 rings (SSSR count). The molecule has 0 amide bonds. The van der Waals surface area contributed by atoms with Crippen molar-refractivity contribution in [3.8, 4) is 17.2 Å². The second-order valence-corrected chi connectivity index (χ2v) is 4.43. The number of aliphatic hydroxyl groups is 1. The van der Waals surface area contributed by atoms with Gasteiger partial charge >= 0.3 is 0 Å². The quantitative estimate of drug-likeness (QED) is 0.730. The minimum Gasteiger partial charge on any atom is -0.493 e. The normalized spacial score (nSPS) is 13.4. The number of fused-ring (bicyclic) bond motifs is 1. The van der Waals surface area contributed by atoms with Crippen molar-refractivity contribution in [1.29, 1.82) is 0 Å². The maximum Gasteiger partial charge on any atom is 0.203 e. The molecule has 106 valence electrons. The number of unbranched alkanes of at least 4 members (excludes halogenated alkanes) is 1. The smallest absolute Gasteiger partial charge is 0.203 e. The van der Waals surface area contributed by atoms with Crippen LogP contribution in [-0.4, -0.2) is 38.6 Å². The van der Waals surface area contributed by atoms with Gasteiger partial charge in [0.15, 0.2) is 11.5 Å². The molecule has 0 atom stereocenters. The molecule has 0 fully saturated rings.